The van der Waals surface area contributed by atoms with Gasteiger partial charge in [-0.25, -0.2) is 0 Å². The Morgan fingerprint density at radius 1 is 1.27 bits per heavy atom. The molecule has 0 saturated heterocycles. The molecule has 0 aliphatic rings. The van der Waals surface area contributed by atoms with Crippen LogP contribution >= 0.6 is 12.4 Å². The van der Waals surface area contributed by atoms with Crippen molar-refractivity contribution in [1.82, 2.24) is 5.32 Å². The highest BCUT2D eigenvalue weighted by atomic mass is 35.5. The number of benzene rings is 1. The minimum atomic E-state index is 0. The van der Waals surface area contributed by atoms with Crippen LogP contribution in [0, 0.1) is 6.92 Å². The van der Waals surface area contributed by atoms with Gasteiger partial charge in [0.15, 0.2) is 0 Å². The maximum absolute atomic E-state index is 4.98. The fraction of sp³-hybridized carbons (Fsp3) is 0.500. The normalized spacial score (nSPS) is 9.73. The van der Waals surface area contributed by atoms with Crippen LogP contribution in [0.3, 0.4) is 0 Å². The quantitative estimate of drug-likeness (QED) is 0.757. The van der Waals surface area contributed by atoms with E-state index in [0.29, 0.717) is 0 Å². The fourth-order valence-electron chi connectivity index (χ4n) is 1.37. The van der Waals surface area contributed by atoms with Crippen LogP contribution in [0.4, 0.5) is 0 Å². The summed E-state index contributed by atoms with van der Waals surface area (Å²) in [6.45, 7) is 4.95. The molecule has 1 rings (SSSR count). The summed E-state index contributed by atoms with van der Waals surface area (Å²) < 4.78 is 4.98. The van der Waals surface area contributed by atoms with Crippen LogP contribution in [-0.2, 0) is 11.3 Å². The van der Waals surface area contributed by atoms with Crippen LogP contribution in [0.5, 0.6) is 0 Å². The third kappa shape index (κ3) is 5.78. The predicted octanol–water partition coefficient (Wildman–Crippen LogP) is 2.54. The molecule has 0 heterocycles. The van der Waals surface area contributed by atoms with Gasteiger partial charge in [0.1, 0.15) is 0 Å². The molecule has 0 aliphatic heterocycles. The number of ether oxygens (including phenoxy) is 1. The first-order valence-electron chi connectivity index (χ1n) is 5.08. The smallest absolute Gasteiger partial charge is 0.0474 e. The minimum absolute atomic E-state index is 0. The molecule has 86 valence electrons. The Labute approximate surface area is 98.4 Å². The Hall–Kier alpha value is -0.570. The maximum atomic E-state index is 4.98. The molecule has 0 unspecified atom stereocenters. The Morgan fingerprint density at radius 2 is 2.00 bits per heavy atom. The summed E-state index contributed by atoms with van der Waals surface area (Å²) in [5.41, 5.74) is 2.73. The molecule has 2 nitrogen and oxygen atoms in total. The molecule has 1 N–H and O–H groups in total. The van der Waals surface area contributed by atoms with E-state index >= 15 is 0 Å². The number of hydrogen-bond acceptors (Lipinski definition) is 2. The van der Waals surface area contributed by atoms with Gasteiger partial charge in [-0.15, -0.1) is 12.4 Å². The lowest BCUT2D eigenvalue weighted by Gasteiger charge is -2.06. The number of nitrogens with one attached hydrogen (secondary N) is 1. The van der Waals surface area contributed by atoms with E-state index in [1.54, 1.807) is 7.11 Å². The highest BCUT2D eigenvalue weighted by Crippen LogP contribution is 2.05. The van der Waals surface area contributed by atoms with E-state index < -0.39 is 0 Å². The van der Waals surface area contributed by atoms with Gasteiger partial charge in [-0.05, 0) is 31.0 Å². The van der Waals surface area contributed by atoms with Crippen molar-refractivity contribution in [2.75, 3.05) is 20.3 Å². The SMILES string of the molecule is COCCCNCc1ccccc1C.Cl. The Bertz CT molecular complexity index is 266. The largest absolute Gasteiger partial charge is 0.385 e. The highest BCUT2D eigenvalue weighted by molar-refractivity contribution is 5.85. The molecule has 1 aromatic carbocycles. The van der Waals surface area contributed by atoms with Gasteiger partial charge in [-0.3, -0.25) is 0 Å². The summed E-state index contributed by atoms with van der Waals surface area (Å²) in [4.78, 5) is 0. The monoisotopic (exact) mass is 229 g/mol. The van der Waals surface area contributed by atoms with Gasteiger partial charge in [-0.2, -0.15) is 0 Å². The van der Waals surface area contributed by atoms with Crippen molar-refractivity contribution in [3.63, 3.8) is 0 Å². The van der Waals surface area contributed by atoms with Gasteiger partial charge in [-0.1, -0.05) is 24.3 Å². The van der Waals surface area contributed by atoms with E-state index in [-0.39, 0.29) is 12.4 Å². The molecule has 0 radical (unpaired) electrons. The number of hydrogen-bond donors (Lipinski definition) is 1. The maximum Gasteiger partial charge on any atom is 0.0474 e. The summed E-state index contributed by atoms with van der Waals surface area (Å²) in [7, 11) is 1.74. The highest BCUT2D eigenvalue weighted by Gasteiger charge is 1.95. The van der Waals surface area contributed by atoms with E-state index in [4.69, 9.17) is 4.74 Å². The summed E-state index contributed by atoms with van der Waals surface area (Å²) in [6.07, 6.45) is 1.07. The average molecular weight is 230 g/mol. The van der Waals surface area contributed by atoms with Crippen molar-refractivity contribution in [2.45, 2.75) is 19.9 Å². The van der Waals surface area contributed by atoms with Gasteiger partial charge >= 0.3 is 0 Å². The van der Waals surface area contributed by atoms with Crippen molar-refractivity contribution in [3.8, 4) is 0 Å². The first kappa shape index (κ1) is 14.4. The topological polar surface area (TPSA) is 21.3 Å². The van der Waals surface area contributed by atoms with Crippen molar-refractivity contribution in [2.24, 2.45) is 0 Å². The second-order valence-corrected chi connectivity index (χ2v) is 3.45. The summed E-state index contributed by atoms with van der Waals surface area (Å²) >= 11 is 0. The number of aryl methyl sites for hydroxylation is 1. The van der Waals surface area contributed by atoms with E-state index in [0.717, 1.165) is 26.1 Å². The lowest BCUT2D eigenvalue weighted by Crippen LogP contribution is -2.16. The third-order valence-corrected chi connectivity index (χ3v) is 2.28. The molecule has 0 bridgehead atoms. The first-order valence-corrected chi connectivity index (χ1v) is 5.08. The molecular formula is C12H20ClNO. The van der Waals surface area contributed by atoms with Crippen molar-refractivity contribution >= 4 is 12.4 Å². The van der Waals surface area contributed by atoms with Gasteiger partial charge in [0.05, 0.1) is 0 Å². The van der Waals surface area contributed by atoms with Gasteiger partial charge < -0.3 is 10.1 Å². The molecule has 15 heavy (non-hydrogen) atoms. The van der Waals surface area contributed by atoms with Crippen LogP contribution in [0.2, 0.25) is 0 Å². The molecule has 0 atom stereocenters. The second kappa shape index (κ2) is 8.72. The molecule has 0 spiro atoms. The van der Waals surface area contributed by atoms with Crippen molar-refractivity contribution in [1.29, 1.82) is 0 Å². The zero-order chi connectivity index (χ0) is 10.2. The summed E-state index contributed by atoms with van der Waals surface area (Å²) in [5.74, 6) is 0. The molecule has 0 fully saturated rings. The van der Waals surface area contributed by atoms with Crippen LogP contribution in [-0.4, -0.2) is 20.3 Å². The zero-order valence-electron chi connectivity index (χ0n) is 9.45. The third-order valence-electron chi connectivity index (χ3n) is 2.28. The Kier molecular flexibility index (Phi) is 8.38. The van der Waals surface area contributed by atoms with E-state index in [1.165, 1.54) is 11.1 Å². The second-order valence-electron chi connectivity index (χ2n) is 3.45. The molecular weight excluding hydrogens is 210 g/mol. The standard InChI is InChI=1S/C12H19NO.ClH/c1-11-6-3-4-7-12(11)10-13-8-5-9-14-2;/h3-4,6-7,13H,5,8-10H2,1-2H3;1H. The molecule has 0 aromatic heterocycles. The van der Waals surface area contributed by atoms with Crippen LogP contribution < -0.4 is 5.32 Å². The van der Waals surface area contributed by atoms with Gasteiger partial charge in [0.25, 0.3) is 0 Å². The molecule has 0 aliphatic carbocycles. The molecule has 1 aromatic rings. The number of methoxy groups -OCH3 is 1. The Morgan fingerprint density at radius 3 is 2.67 bits per heavy atom. The van der Waals surface area contributed by atoms with E-state index in [1.807, 2.05) is 0 Å². The van der Waals surface area contributed by atoms with Crippen molar-refractivity contribution < 1.29 is 4.74 Å². The zero-order valence-corrected chi connectivity index (χ0v) is 10.3. The summed E-state index contributed by atoms with van der Waals surface area (Å²) in [6, 6.07) is 8.47. The lowest BCUT2D eigenvalue weighted by molar-refractivity contribution is 0.194. The number of rotatable bonds is 6. The van der Waals surface area contributed by atoms with Crippen LogP contribution in [0.15, 0.2) is 24.3 Å². The first-order chi connectivity index (χ1) is 6.84. The number of halogens is 1. The Balaban J connectivity index is 0.00000196. The van der Waals surface area contributed by atoms with E-state index in [9.17, 15) is 0 Å². The predicted molar refractivity (Wildman–Crippen MR) is 66.6 cm³/mol. The lowest BCUT2D eigenvalue weighted by atomic mass is 10.1. The van der Waals surface area contributed by atoms with Crippen molar-refractivity contribution in [3.05, 3.63) is 35.4 Å². The van der Waals surface area contributed by atoms with Gasteiger partial charge in [0, 0.05) is 20.3 Å². The van der Waals surface area contributed by atoms with Crippen LogP contribution in [0.25, 0.3) is 0 Å². The fourth-order valence-corrected chi connectivity index (χ4v) is 1.37. The van der Waals surface area contributed by atoms with Gasteiger partial charge in [0.2, 0.25) is 0 Å². The van der Waals surface area contributed by atoms with Crippen LogP contribution in [0.1, 0.15) is 17.5 Å². The molecule has 0 saturated carbocycles. The average Bonchev–Trinajstić information content (AvgIpc) is 2.20. The molecule has 0 amide bonds. The van der Waals surface area contributed by atoms with E-state index in [2.05, 4.69) is 36.5 Å². The minimum Gasteiger partial charge on any atom is -0.385 e. The molecule has 3 heteroatoms. The summed E-state index contributed by atoms with van der Waals surface area (Å²) in [5, 5.41) is 3.40.